The lowest BCUT2D eigenvalue weighted by molar-refractivity contribution is -0.140. The standard InChI is InChI=1S/C18H27BrN2O2/c1-4-6-12-20-18(23)14(3)21(17(22)7-5-2)13-15-8-10-16(19)11-9-15/h8-11,14H,4-7,12-13H2,1-3H3,(H,20,23). The zero-order valence-corrected chi connectivity index (χ0v) is 15.9. The van der Waals surface area contributed by atoms with Crippen LogP contribution in [-0.2, 0) is 16.1 Å². The number of halogens is 1. The molecule has 1 unspecified atom stereocenters. The van der Waals surface area contributed by atoms with E-state index in [2.05, 4.69) is 28.2 Å². The van der Waals surface area contributed by atoms with E-state index in [4.69, 9.17) is 0 Å². The van der Waals surface area contributed by atoms with Crippen molar-refractivity contribution in [2.45, 2.75) is 59.0 Å². The molecule has 2 amide bonds. The Morgan fingerprint density at radius 3 is 2.39 bits per heavy atom. The first-order valence-corrected chi connectivity index (χ1v) is 9.10. The zero-order chi connectivity index (χ0) is 17.2. The van der Waals surface area contributed by atoms with Crippen molar-refractivity contribution in [3.63, 3.8) is 0 Å². The Kier molecular flexibility index (Phi) is 8.92. The fourth-order valence-electron chi connectivity index (χ4n) is 2.26. The molecule has 0 radical (unpaired) electrons. The lowest BCUT2D eigenvalue weighted by atomic mass is 10.1. The van der Waals surface area contributed by atoms with Crippen molar-refractivity contribution in [2.24, 2.45) is 0 Å². The average molecular weight is 383 g/mol. The minimum Gasteiger partial charge on any atom is -0.354 e. The van der Waals surface area contributed by atoms with Crippen molar-refractivity contribution < 1.29 is 9.59 Å². The van der Waals surface area contributed by atoms with Crippen LogP contribution in [0.25, 0.3) is 0 Å². The molecule has 0 aliphatic rings. The van der Waals surface area contributed by atoms with E-state index in [0.717, 1.165) is 29.3 Å². The number of carbonyl (C=O) groups is 2. The minimum absolute atomic E-state index is 0.0218. The maximum Gasteiger partial charge on any atom is 0.242 e. The Labute approximate surface area is 147 Å². The molecular weight excluding hydrogens is 356 g/mol. The Morgan fingerprint density at radius 1 is 1.17 bits per heavy atom. The first-order chi connectivity index (χ1) is 11.0. The van der Waals surface area contributed by atoms with Crippen LogP contribution in [0.5, 0.6) is 0 Å². The summed E-state index contributed by atoms with van der Waals surface area (Å²) in [5.74, 6) is -0.0615. The van der Waals surface area contributed by atoms with Gasteiger partial charge in [0.1, 0.15) is 6.04 Å². The molecule has 1 rings (SSSR count). The molecule has 5 heteroatoms. The number of benzene rings is 1. The third-order valence-electron chi connectivity index (χ3n) is 3.73. The van der Waals surface area contributed by atoms with Gasteiger partial charge in [-0.3, -0.25) is 9.59 Å². The Morgan fingerprint density at radius 2 is 1.83 bits per heavy atom. The first-order valence-electron chi connectivity index (χ1n) is 8.31. The summed E-state index contributed by atoms with van der Waals surface area (Å²) in [5, 5.41) is 2.92. The fraction of sp³-hybridized carbons (Fsp3) is 0.556. The predicted octanol–water partition coefficient (Wildman–Crippen LogP) is 3.88. The van der Waals surface area contributed by atoms with Gasteiger partial charge in [0.2, 0.25) is 11.8 Å². The van der Waals surface area contributed by atoms with Gasteiger partial charge >= 0.3 is 0 Å². The topological polar surface area (TPSA) is 49.4 Å². The highest BCUT2D eigenvalue weighted by molar-refractivity contribution is 9.10. The summed E-state index contributed by atoms with van der Waals surface area (Å²) in [5.41, 5.74) is 1.02. The normalized spacial score (nSPS) is 11.8. The Balaban J connectivity index is 2.80. The SMILES string of the molecule is CCCCNC(=O)C(C)N(Cc1ccc(Br)cc1)C(=O)CCC. The van der Waals surface area contributed by atoms with E-state index >= 15 is 0 Å². The summed E-state index contributed by atoms with van der Waals surface area (Å²) >= 11 is 3.41. The number of nitrogens with one attached hydrogen (secondary N) is 1. The van der Waals surface area contributed by atoms with Crippen LogP contribution in [0, 0.1) is 0 Å². The minimum atomic E-state index is -0.463. The summed E-state index contributed by atoms with van der Waals surface area (Å²) in [6.45, 7) is 6.97. The maximum absolute atomic E-state index is 12.4. The second-order valence-corrected chi connectivity index (χ2v) is 6.63. The highest BCUT2D eigenvalue weighted by Crippen LogP contribution is 2.15. The molecule has 128 valence electrons. The van der Waals surface area contributed by atoms with Gasteiger partial charge < -0.3 is 10.2 Å². The molecule has 0 fully saturated rings. The predicted molar refractivity (Wildman–Crippen MR) is 97.0 cm³/mol. The molecule has 0 saturated heterocycles. The summed E-state index contributed by atoms with van der Waals surface area (Å²) < 4.78 is 0.998. The third-order valence-corrected chi connectivity index (χ3v) is 4.26. The lowest BCUT2D eigenvalue weighted by Crippen LogP contribution is -2.47. The molecule has 0 saturated carbocycles. The quantitative estimate of drug-likeness (QED) is 0.658. The molecule has 23 heavy (non-hydrogen) atoms. The molecule has 0 heterocycles. The second kappa shape index (κ2) is 10.4. The number of unbranched alkanes of at least 4 members (excludes halogenated alkanes) is 1. The van der Waals surface area contributed by atoms with E-state index in [1.807, 2.05) is 31.2 Å². The van der Waals surface area contributed by atoms with E-state index in [-0.39, 0.29) is 11.8 Å². The van der Waals surface area contributed by atoms with Crippen LogP contribution in [0.1, 0.15) is 52.0 Å². The first kappa shape index (κ1) is 19.7. The summed E-state index contributed by atoms with van der Waals surface area (Å²) in [6, 6.07) is 7.37. The molecular formula is C18H27BrN2O2. The number of amides is 2. The Hall–Kier alpha value is -1.36. The maximum atomic E-state index is 12.4. The van der Waals surface area contributed by atoms with Crippen LogP contribution in [0.3, 0.4) is 0 Å². The van der Waals surface area contributed by atoms with Gasteiger partial charge in [-0.2, -0.15) is 0 Å². The van der Waals surface area contributed by atoms with Crippen molar-refractivity contribution in [1.29, 1.82) is 0 Å². The molecule has 1 N–H and O–H groups in total. The van der Waals surface area contributed by atoms with Gasteiger partial charge in [-0.1, -0.05) is 48.3 Å². The van der Waals surface area contributed by atoms with E-state index in [1.54, 1.807) is 11.8 Å². The van der Waals surface area contributed by atoms with Gasteiger partial charge in [0.15, 0.2) is 0 Å². The number of carbonyl (C=O) groups excluding carboxylic acids is 2. The van der Waals surface area contributed by atoms with Crippen LogP contribution in [0.15, 0.2) is 28.7 Å². The van der Waals surface area contributed by atoms with E-state index in [9.17, 15) is 9.59 Å². The molecule has 1 aromatic carbocycles. The van der Waals surface area contributed by atoms with E-state index in [0.29, 0.717) is 19.5 Å². The molecule has 0 aliphatic carbocycles. The van der Waals surface area contributed by atoms with Gasteiger partial charge in [0.25, 0.3) is 0 Å². The summed E-state index contributed by atoms with van der Waals surface area (Å²) in [7, 11) is 0. The highest BCUT2D eigenvalue weighted by atomic mass is 79.9. The lowest BCUT2D eigenvalue weighted by Gasteiger charge is -2.28. The van der Waals surface area contributed by atoms with Crippen LogP contribution >= 0.6 is 15.9 Å². The molecule has 4 nitrogen and oxygen atoms in total. The van der Waals surface area contributed by atoms with Crippen LogP contribution in [0.4, 0.5) is 0 Å². The van der Waals surface area contributed by atoms with Gasteiger partial charge in [-0.15, -0.1) is 0 Å². The highest BCUT2D eigenvalue weighted by Gasteiger charge is 2.25. The number of rotatable bonds is 9. The van der Waals surface area contributed by atoms with Crippen molar-refractivity contribution in [3.05, 3.63) is 34.3 Å². The van der Waals surface area contributed by atoms with Crippen LogP contribution in [0.2, 0.25) is 0 Å². The van der Waals surface area contributed by atoms with Gasteiger partial charge in [-0.25, -0.2) is 0 Å². The number of nitrogens with zero attached hydrogens (tertiary/aromatic N) is 1. The van der Waals surface area contributed by atoms with Crippen LogP contribution in [-0.4, -0.2) is 29.3 Å². The molecule has 1 aromatic rings. The van der Waals surface area contributed by atoms with Crippen LogP contribution < -0.4 is 5.32 Å². The molecule has 0 spiro atoms. The smallest absolute Gasteiger partial charge is 0.242 e. The Bertz CT molecular complexity index is 502. The third kappa shape index (κ3) is 6.73. The van der Waals surface area contributed by atoms with Crippen molar-refractivity contribution >= 4 is 27.7 Å². The monoisotopic (exact) mass is 382 g/mol. The van der Waals surface area contributed by atoms with Crippen molar-refractivity contribution in [1.82, 2.24) is 10.2 Å². The molecule has 0 aromatic heterocycles. The van der Waals surface area contributed by atoms with Gasteiger partial charge in [0, 0.05) is 24.0 Å². The van der Waals surface area contributed by atoms with Gasteiger partial charge in [0.05, 0.1) is 0 Å². The van der Waals surface area contributed by atoms with E-state index in [1.165, 1.54) is 0 Å². The zero-order valence-electron chi connectivity index (χ0n) is 14.3. The fourth-order valence-corrected chi connectivity index (χ4v) is 2.53. The molecule has 0 aliphatic heterocycles. The molecule has 1 atom stereocenters. The number of hydrogen-bond acceptors (Lipinski definition) is 2. The second-order valence-electron chi connectivity index (χ2n) is 5.72. The summed E-state index contributed by atoms with van der Waals surface area (Å²) in [6.07, 6.45) is 3.23. The van der Waals surface area contributed by atoms with Crippen molar-refractivity contribution in [2.75, 3.05) is 6.54 Å². The molecule has 0 bridgehead atoms. The van der Waals surface area contributed by atoms with E-state index < -0.39 is 6.04 Å². The number of hydrogen-bond donors (Lipinski definition) is 1. The van der Waals surface area contributed by atoms with Gasteiger partial charge in [-0.05, 0) is 37.5 Å². The van der Waals surface area contributed by atoms with Crippen molar-refractivity contribution in [3.8, 4) is 0 Å². The largest absolute Gasteiger partial charge is 0.354 e. The average Bonchev–Trinajstić information content (AvgIpc) is 2.54. The summed E-state index contributed by atoms with van der Waals surface area (Å²) in [4.78, 5) is 26.4.